The third kappa shape index (κ3) is 4.71. The number of nitrogens with zero attached hydrogens (tertiary/aromatic N) is 5. The normalized spacial score (nSPS) is 10.4. The molecule has 0 aliphatic heterocycles. The second-order valence-electron chi connectivity index (χ2n) is 6.63. The number of anilines is 2. The molecular formula is C22H12Cl2FN7O2. The van der Waals surface area contributed by atoms with Crippen molar-refractivity contribution in [2.45, 2.75) is 0 Å². The van der Waals surface area contributed by atoms with E-state index in [1.54, 1.807) is 0 Å². The number of hydrogen-bond donors (Lipinski definition) is 2. The summed E-state index contributed by atoms with van der Waals surface area (Å²) in [5, 5.41) is 13.0. The first kappa shape index (κ1) is 22.8. The van der Waals surface area contributed by atoms with Crippen LogP contribution in [0.3, 0.4) is 0 Å². The molecule has 0 fully saturated rings. The fourth-order valence-electron chi connectivity index (χ4n) is 2.98. The topological polar surface area (TPSA) is 115 Å². The summed E-state index contributed by atoms with van der Waals surface area (Å²) in [6, 6.07) is 5.17. The van der Waals surface area contributed by atoms with Gasteiger partial charge in [-0.15, -0.1) is 11.2 Å². The van der Waals surface area contributed by atoms with E-state index in [-0.39, 0.29) is 43.9 Å². The van der Waals surface area contributed by atoms with Crippen molar-refractivity contribution in [3.8, 4) is 29.3 Å². The molecule has 0 radical (unpaired) electrons. The Morgan fingerprint density at radius 3 is 2.47 bits per heavy atom. The molecule has 2 amide bonds. The summed E-state index contributed by atoms with van der Waals surface area (Å²) in [7, 11) is 0. The van der Waals surface area contributed by atoms with E-state index < -0.39 is 17.6 Å². The Bertz CT molecular complexity index is 1450. The van der Waals surface area contributed by atoms with E-state index in [2.05, 4.69) is 30.8 Å². The van der Waals surface area contributed by atoms with E-state index in [9.17, 15) is 9.59 Å². The Balaban J connectivity index is 1.61. The van der Waals surface area contributed by atoms with Gasteiger partial charge in [-0.1, -0.05) is 23.2 Å². The monoisotopic (exact) mass is 495 g/mol. The van der Waals surface area contributed by atoms with Crippen molar-refractivity contribution in [1.29, 1.82) is 0 Å². The zero-order valence-electron chi connectivity index (χ0n) is 17.0. The molecule has 0 spiro atoms. The van der Waals surface area contributed by atoms with Crippen molar-refractivity contribution in [2.24, 2.45) is 0 Å². The number of carbonyl (C=O) groups excluding carboxylic acids is 2. The molecule has 9 nitrogen and oxygen atoms in total. The fourth-order valence-corrected chi connectivity index (χ4v) is 3.48. The van der Waals surface area contributed by atoms with Gasteiger partial charge in [0.2, 0.25) is 0 Å². The van der Waals surface area contributed by atoms with Gasteiger partial charge in [-0.25, -0.2) is 9.37 Å². The van der Waals surface area contributed by atoms with Gasteiger partial charge in [0, 0.05) is 17.3 Å². The zero-order valence-corrected chi connectivity index (χ0v) is 18.5. The maximum atomic E-state index is 15.0. The number of halogens is 3. The third-order valence-electron chi connectivity index (χ3n) is 4.48. The van der Waals surface area contributed by atoms with Crippen LogP contribution in [0.1, 0.15) is 10.4 Å². The maximum absolute atomic E-state index is 15.0. The molecule has 0 bridgehead atoms. The Kier molecular flexibility index (Phi) is 6.49. The summed E-state index contributed by atoms with van der Waals surface area (Å²) in [5.74, 6) is 0.00787. The van der Waals surface area contributed by atoms with Crippen LogP contribution in [0.4, 0.5) is 15.8 Å². The molecule has 34 heavy (non-hydrogen) atoms. The highest BCUT2D eigenvalue weighted by Gasteiger charge is 2.19. The largest absolute Gasteiger partial charge is 0.320 e. The Morgan fingerprint density at radius 2 is 1.76 bits per heavy atom. The van der Waals surface area contributed by atoms with Gasteiger partial charge >= 0.3 is 0 Å². The lowest BCUT2D eigenvalue weighted by atomic mass is 10.0. The van der Waals surface area contributed by atoms with E-state index >= 15 is 4.39 Å². The molecule has 12 heteroatoms. The number of pyridine rings is 2. The molecule has 4 aromatic rings. The van der Waals surface area contributed by atoms with Crippen LogP contribution in [0.15, 0.2) is 55.2 Å². The molecule has 0 unspecified atom stereocenters. The van der Waals surface area contributed by atoms with Crippen molar-refractivity contribution in [1.82, 2.24) is 25.0 Å². The molecule has 0 saturated heterocycles. The van der Waals surface area contributed by atoms with Crippen LogP contribution in [-0.2, 0) is 4.79 Å². The quantitative estimate of drug-likeness (QED) is 0.404. The molecule has 0 atom stereocenters. The number of amides is 2. The Labute approximate surface area is 201 Å². The molecule has 3 heterocycles. The van der Waals surface area contributed by atoms with Crippen LogP contribution in [-0.4, -0.2) is 36.8 Å². The third-order valence-corrected chi connectivity index (χ3v) is 5.07. The van der Waals surface area contributed by atoms with E-state index in [1.165, 1.54) is 54.0 Å². The molecule has 2 N–H and O–H groups in total. The Hall–Kier alpha value is -4.33. The summed E-state index contributed by atoms with van der Waals surface area (Å²) >= 11 is 12.5. The van der Waals surface area contributed by atoms with Crippen LogP contribution in [0.2, 0.25) is 10.0 Å². The van der Waals surface area contributed by atoms with Gasteiger partial charge in [0.1, 0.15) is 5.82 Å². The number of rotatable bonds is 5. The zero-order chi connectivity index (χ0) is 24.2. The molecular weight excluding hydrogens is 484 g/mol. The van der Waals surface area contributed by atoms with Gasteiger partial charge < -0.3 is 10.6 Å². The van der Waals surface area contributed by atoms with E-state index in [1.807, 2.05) is 5.92 Å². The first-order valence-electron chi connectivity index (χ1n) is 9.42. The Morgan fingerprint density at radius 1 is 1.00 bits per heavy atom. The summed E-state index contributed by atoms with van der Waals surface area (Å²) in [5.41, 5.74) is 0.630. The summed E-state index contributed by atoms with van der Waals surface area (Å²) in [4.78, 5) is 33.6. The average Bonchev–Trinajstić information content (AvgIpc) is 3.35. The highest BCUT2D eigenvalue weighted by atomic mass is 35.5. The molecule has 168 valence electrons. The van der Waals surface area contributed by atoms with E-state index in [0.29, 0.717) is 0 Å². The number of nitrogens with one attached hydrogen (secondary N) is 2. The molecule has 4 rings (SSSR count). The summed E-state index contributed by atoms with van der Waals surface area (Å²) < 4.78 is 15.0. The van der Waals surface area contributed by atoms with Crippen molar-refractivity contribution in [3.05, 3.63) is 76.7 Å². The molecule has 3 aromatic heterocycles. The molecule has 0 saturated carbocycles. The second kappa shape index (κ2) is 9.66. The number of carbonyl (C=O) groups is 2. The standard InChI is InChI=1S/C22H12Cl2FN7O2/c1-2-20(33)31-19-11-26-4-3-13(19)14-8-16(23)15(9-18(14)25)22(34)30-12-7-17(24)21(27-10-12)32-28-5-6-29-32/h1,3-11H,(H,30,34)(H,31,33). The highest BCUT2D eigenvalue weighted by Crippen LogP contribution is 2.33. The van der Waals surface area contributed by atoms with Gasteiger partial charge in [0.05, 0.1) is 51.8 Å². The molecule has 1 aromatic carbocycles. The predicted octanol–water partition coefficient (Wildman–Crippen LogP) is 3.99. The van der Waals surface area contributed by atoms with Crippen molar-refractivity contribution < 1.29 is 14.0 Å². The summed E-state index contributed by atoms with van der Waals surface area (Å²) in [6.07, 6.45) is 12.1. The van der Waals surface area contributed by atoms with Gasteiger partial charge in [0.25, 0.3) is 11.8 Å². The van der Waals surface area contributed by atoms with Crippen LogP contribution >= 0.6 is 23.2 Å². The van der Waals surface area contributed by atoms with Crippen LogP contribution in [0.25, 0.3) is 16.9 Å². The first-order valence-corrected chi connectivity index (χ1v) is 10.2. The maximum Gasteiger partial charge on any atom is 0.300 e. The lowest BCUT2D eigenvalue weighted by molar-refractivity contribution is -0.111. The van der Waals surface area contributed by atoms with Gasteiger partial charge in [0.15, 0.2) is 5.82 Å². The molecule has 0 aliphatic carbocycles. The van der Waals surface area contributed by atoms with Crippen molar-refractivity contribution in [2.75, 3.05) is 10.6 Å². The second-order valence-corrected chi connectivity index (χ2v) is 7.45. The fraction of sp³-hybridized carbons (Fsp3) is 0. The van der Waals surface area contributed by atoms with Crippen molar-refractivity contribution in [3.63, 3.8) is 0 Å². The SMILES string of the molecule is C#CC(=O)Nc1cnccc1-c1cc(Cl)c(C(=O)Nc2cnc(-n3nccn3)c(Cl)c2)cc1F. The smallest absolute Gasteiger partial charge is 0.300 e. The van der Waals surface area contributed by atoms with Crippen molar-refractivity contribution >= 4 is 46.4 Å². The van der Waals surface area contributed by atoms with Crippen LogP contribution in [0, 0.1) is 18.2 Å². The summed E-state index contributed by atoms with van der Waals surface area (Å²) in [6.45, 7) is 0. The first-order chi connectivity index (χ1) is 16.4. The minimum atomic E-state index is -0.756. The number of aromatic nitrogens is 5. The average molecular weight is 496 g/mol. The van der Waals surface area contributed by atoms with Crippen LogP contribution in [0.5, 0.6) is 0 Å². The minimum absolute atomic E-state index is 0.0312. The number of benzene rings is 1. The molecule has 0 aliphatic rings. The van der Waals surface area contributed by atoms with Gasteiger partial charge in [-0.3, -0.25) is 14.6 Å². The highest BCUT2D eigenvalue weighted by molar-refractivity contribution is 6.35. The lowest BCUT2D eigenvalue weighted by Gasteiger charge is -2.13. The number of hydrogen-bond acceptors (Lipinski definition) is 6. The minimum Gasteiger partial charge on any atom is -0.320 e. The van der Waals surface area contributed by atoms with E-state index in [4.69, 9.17) is 29.6 Å². The number of terminal acetylenes is 1. The lowest BCUT2D eigenvalue weighted by Crippen LogP contribution is -2.14. The van der Waals surface area contributed by atoms with Gasteiger partial charge in [-0.2, -0.15) is 10.2 Å². The predicted molar refractivity (Wildman–Crippen MR) is 124 cm³/mol. The van der Waals surface area contributed by atoms with Gasteiger partial charge in [-0.05, 0) is 30.2 Å². The van der Waals surface area contributed by atoms with Crippen LogP contribution < -0.4 is 10.6 Å². The van der Waals surface area contributed by atoms with E-state index in [0.717, 1.165) is 6.07 Å².